The molecule has 1 aliphatic heterocycles. The Hall–Kier alpha value is -2.30. The summed E-state index contributed by atoms with van der Waals surface area (Å²) in [6, 6.07) is 8.05. The Bertz CT molecular complexity index is 793. The lowest BCUT2D eigenvalue weighted by Gasteiger charge is -2.25. The van der Waals surface area contributed by atoms with Crippen molar-refractivity contribution >= 4 is 5.91 Å². The molecule has 0 saturated heterocycles. The van der Waals surface area contributed by atoms with E-state index in [0.29, 0.717) is 11.8 Å². The molecule has 0 N–H and O–H groups in total. The van der Waals surface area contributed by atoms with E-state index in [2.05, 4.69) is 20.5 Å². The summed E-state index contributed by atoms with van der Waals surface area (Å²) in [5.74, 6) is 2.83. The van der Waals surface area contributed by atoms with Gasteiger partial charge in [-0.1, -0.05) is 31.4 Å². The van der Waals surface area contributed by atoms with E-state index in [4.69, 9.17) is 4.74 Å². The molecule has 2 aliphatic rings. The third-order valence-electron chi connectivity index (χ3n) is 6.06. The predicted octanol–water partition coefficient (Wildman–Crippen LogP) is 3.91. The Kier molecular flexibility index (Phi) is 5.46. The van der Waals surface area contributed by atoms with Gasteiger partial charge in [0.15, 0.2) is 0 Å². The van der Waals surface area contributed by atoms with E-state index in [1.54, 1.807) is 7.11 Å². The van der Waals surface area contributed by atoms with Crippen molar-refractivity contribution in [3.63, 3.8) is 0 Å². The molecule has 1 aromatic carbocycles. The molecule has 0 spiro atoms. The number of fused-ring (bicyclic) bond motifs is 1. The Morgan fingerprint density at radius 2 is 1.96 bits per heavy atom. The monoisotopic (exact) mass is 367 g/mol. The topological polar surface area (TPSA) is 47.4 Å². The summed E-state index contributed by atoms with van der Waals surface area (Å²) in [6.07, 6.45) is 9.82. The van der Waals surface area contributed by atoms with Gasteiger partial charge in [0.05, 0.1) is 19.0 Å². The second-order valence-electron chi connectivity index (χ2n) is 7.75. The zero-order valence-electron chi connectivity index (χ0n) is 16.2. The van der Waals surface area contributed by atoms with Gasteiger partial charge in [-0.05, 0) is 30.9 Å². The molecule has 5 nitrogen and oxygen atoms in total. The van der Waals surface area contributed by atoms with Crippen LogP contribution in [0.15, 0.2) is 30.5 Å². The third-order valence-corrected chi connectivity index (χ3v) is 6.06. The average Bonchev–Trinajstić information content (AvgIpc) is 2.99. The minimum absolute atomic E-state index is 0.325. The smallest absolute Gasteiger partial charge is 0.222 e. The molecule has 1 fully saturated rings. The largest absolute Gasteiger partial charge is 0.496 e. The van der Waals surface area contributed by atoms with Gasteiger partial charge in [-0.25, -0.2) is 4.98 Å². The molecule has 4 rings (SSSR count). The van der Waals surface area contributed by atoms with E-state index < -0.39 is 0 Å². The van der Waals surface area contributed by atoms with Crippen LogP contribution in [0, 0.1) is 5.92 Å². The van der Waals surface area contributed by atoms with Crippen molar-refractivity contribution < 1.29 is 9.53 Å². The lowest BCUT2D eigenvalue weighted by Crippen LogP contribution is -2.35. The molecule has 0 atom stereocenters. The fourth-order valence-corrected chi connectivity index (χ4v) is 4.52. The van der Waals surface area contributed by atoms with Crippen molar-refractivity contribution in [3.05, 3.63) is 36.3 Å². The van der Waals surface area contributed by atoms with Crippen LogP contribution in [0.3, 0.4) is 0 Å². The van der Waals surface area contributed by atoms with Crippen LogP contribution >= 0.6 is 0 Å². The zero-order valence-corrected chi connectivity index (χ0v) is 16.2. The van der Waals surface area contributed by atoms with Gasteiger partial charge in [-0.2, -0.15) is 0 Å². The summed E-state index contributed by atoms with van der Waals surface area (Å²) in [5.41, 5.74) is 2.13. The molecular weight excluding hydrogens is 338 g/mol. The minimum Gasteiger partial charge on any atom is -0.496 e. The molecule has 0 unspecified atom stereocenters. The summed E-state index contributed by atoms with van der Waals surface area (Å²) in [4.78, 5) is 19.5. The maximum atomic E-state index is 12.8. The fourth-order valence-electron chi connectivity index (χ4n) is 4.52. The van der Waals surface area contributed by atoms with Gasteiger partial charge in [0.2, 0.25) is 5.91 Å². The highest BCUT2D eigenvalue weighted by Gasteiger charge is 2.24. The number of hydrogen-bond donors (Lipinski definition) is 0. The molecule has 27 heavy (non-hydrogen) atoms. The Balaban J connectivity index is 1.47. The SMILES string of the molecule is COc1ccccc1-c1cnc2n1CCN(C(=O)CC1CCCCC1)CC2. The maximum Gasteiger partial charge on any atom is 0.222 e. The highest BCUT2D eigenvalue weighted by molar-refractivity contribution is 5.76. The normalized spacial score (nSPS) is 18.0. The van der Waals surface area contributed by atoms with E-state index >= 15 is 0 Å². The van der Waals surface area contributed by atoms with Crippen molar-refractivity contribution in [2.45, 2.75) is 51.5 Å². The Morgan fingerprint density at radius 3 is 2.78 bits per heavy atom. The van der Waals surface area contributed by atoms with Gasteiger partial charge in [0.25, 0.3) is 0 Å². The summed E-state index contributed by atoms with van der Waals surface area (Å²) in [5, 5.41) is 0. The van der Waals surface area contributed by atoms with E-state index in [1.807, 2.05) is 24.4 Å². The number of amides is 1. The Labute approximate surface area is 161 Å². The lowest BCUT2D eigenvalue weighted by molar-refractivity contribution is -0.132. The number of hydrogen-bond acceptors (Lipinski definition) is 3. The van der Waals surface area contributed by atoms with Gasteiger partial charge < -0.3 is 14.2 Å². The molecule has 1 saturated carbocycles. The van der Waals surface area contributed by atoms with Crippen LogP contribution in [0.25, 0.3) is 11.3 Å². The number of imidazole rings is 1. The molecule has 1 aliphatic carbocycles. The number of para-hydroxylation sites is 1. The van der Waals surface area contributed by atoms with Crippen LogP contribution in [-0.4, -0.2) is 40.6 Å². The van der Waals surface area contributed by atoms with Crippen molar-refractivity contribution in [2.75, 3.05) is 20.2 Å². The second-order valence-corrected chi connectivity index (χ2v) is 7.75. The summed E-state index contributed by atoms with van der Waals surface area (Å²) < 4.78 is 7.79. The van der Waals surface area contributed by atoms with Crippen molar-refractivity contribution in [3.8, 4) is 17.0 Å². The first-order chi connectivity index (χ1) is 13.3. The van der Waals surface area contributed by atoms with Crippen LogP contribution < -0.4 is 4.74 Å². The fraction of sp³-hybridized carbons (Fsp3) is 0.545. The highest BCUT2D eigenvalue weighted by atomic mass is 16.5. The van der Waals surface area contributed by atoms with Gasteiger partial charge in [0.1, 0.15) is 11.6 Å². The first kappa shape index (κ1) is 18.1. The molecule has 2 heterocycles. The number of carbonyl (C=O) groups excluding carboxylic acids is 1. The quantitative estimate of drug-likeness (QED) is 0.823. The summed E-state index contributed by atoms with van der Waals surface area (Å²) in [7, 11) is 1.70. The number of benzene rings is 1. The zero-order chi connectivity index (χ0) is 18.6. The van der Waals surface area contributed by atoms with Gasteiger partial charge in [-0.15, -0.1) is 0 Å². The molecule has 2 aromatic rings. The minimum atomic E-state index is 0.325. The molecule has 1 aromatic heterocycles. The van der Waals surface area contributed by atoms with E-state index in [9.17, 15) is 4.79 Å². The number of aromatic nitrogens is 2. The van der Waals surface area contributed by atoms with Crippen molar-refractivity contribution in [1.29, 1.82) is 0 Å². The first-order valence-electron chi connectivity index (χ1n) is 10.2. The third kappa shape index (κ3) is 3.87. The van der Waals surface area contributed by atoms with E-state index in [-0.39, 0.29) is 0 Å². The first-order valence-corrected chi connectivity index (χ1v) is 10.2. The van der Waals surface area contributed by atoms with E-state index in [1.165, 1.54) is 32.1 Å². The molecule has 5 heteroatoms. The van der Waals surface area contributed by atoms with Gasteiger partial charge in [0, 0.05) is 38.0 Å². The molecule has 1 amide bonds. The molecule has 144 valence electrons. The van der Waals surface area contributed by atoms with Crippen molar-refractivity contribution in [1.82, 2.24) is 14.5 Å². The van der Waals surface area contributed by atoms with Gasteiger partial charge in [-0.3, -0.25) is 4.79 Å². The Morgan fingerprint density at radius 1 is 1.15 bits per heavy atom. The van der Waals surface area contributed by atoms with Gasteiger partial charge >= 0.3 is 0 Å². The average molecular weight is 367 g/mol. The van der Waals surface area contributed by atoms with Crippen LogP contribution in [0.1, 0.15) is 44.3 Å². The standard InChI is InChI=1S/C22H29N3O2/c1-27-20-10-6-5-9-18(20)19-16-23-21-11-12-24(13-14-25(19)21)22(26)15-17-7-3-2-4-8-17/h5-6,9-10,16-17H,2-4,7-8,11-15H2,1H3. The van der Waals surface area contributed by atoms with Crippen LogP contribution in [0.4, 0.5) is 0 Å². The summed E-state index contributed by atoms with van der Waals surface area (Å²) >= 11 is 0. The number of carbonyl (C=O) groups is 1. The summed E-state index contributed by atoms with van der Waals surface area (Å²) in [6.45, 7) is 2.32. The highest BCUT2D eigenvalue weighted by Crippen LogP contribution is 2.31. The van der Waals surface area contributed by atoms with Crippen LogP contribution in [0.2, 0.25) is 0 Å². The van der Waals surface area contributed by atoms with Crippen LogP contribution in [-0.2, 0) is 17.8 Å². The second kappa shape index (κ2) is 8.15. The lowest BCUT2D eigenvalue weighted by atomic mass is 9.86. The van der Waals surface area contributed by atoms with Crippen molar-refractivity contribution in [2.24, 2.45) is 5.92 Å². The number of nitrogens with zero attached hydrogens (tertiary/aromatic N) is 3. The predicted molar refractivity (Wildman–Crippen MR) is 106 cm³/mol. The maximum absolute atomic E-state index is 12.8. The number of methoxy groups -OCH3 is 1. The molecular formula is C22H29N3O2. The van der Waals surface area contributed by atoms with E-state index in [0.717, 1.165) is 55.3 Å². The molecule has 0 bridgehead atoms. The molecule has 0 radical (unpaired) electrons. The number of ether oxygens (including phenoxy) is 1. The van der Waals surface area contributed by atoms with Crippen LogP contribution in [0.5, 0.6) is 5.75 Å². The number of rotatable bonds is 4.